The molecular formula is C10H20N2O2. The maximum absolute atomic E-state index is 10.8. The van der Waals surface area contributed by atoms with Crippen LogP contribution in [-0.4, -0.2) is 49.2 Å². The molecule has 1 fully saturated rings. The van der Waals surface area contributed by atoms with Crippen LogP contribution in [0.5, 0.6) is 0 Å². The molecule has 0 heterocycles. The number of rotatable bonds is 6. The van der Waals surface area contributed by atoms with Crippen molar-refractivity contribution in [3.05, 3.63) is 0 Å². The highest BCUT2D eigenvalue weighted by Crippen LogP contribution is 2.31. The lowest BCUT2D eigenvalue weighted by molar-refractivity contribution is -0.148. The van der Waals surface area contributed by atoms with Gasteiger partial charge in [0.15, 0.2) is 0 Å². The summed E-state index contributed by atoms with van der Waals surface area (Å²) in [5.74, 6) is -0.767. The maximum atomic E-state index is 10.8. The predicted molar refractivity (Wildman–Crippen MR) is 55.3 cm³/mol. The van der Waals surface area contributed by atoms with E-state index >= 15 is 0 Å². The summed E-state index contributed by atoms with van der Waals surface area (Å²) in [4.78, 5) is 13.0. The number of carboxylic acid groups (broad SMARTS) is 1. The molecule has 82 valence electrons. The van der Waals surface area contributed by atoms with Gasteiger partial charge in [0, 0.05) is 6.04 Å². The number of hydrogen-bond acceptors (Lipinski definition) is 3. The van der Waals surface area contributed by atoms with E-state index < -0.39 is 5.97 Å². The fourth-order valence-corrected chi connectivity index (χ4v) is 1.97. The van der Waals surface area contributed by atoms with E-state index in [2.05, 4.69) is 10.2 Å². The summed E-state index contributed by atoms with van der Waals surface area (Å²) in [5, 5.41) is 12.0. The SMILES string of the molecule is CNCCCN(C)C1CCC1C(=O)O. The van der Waals surface area contributed by atoms with Crippen molar-refractivity contribution in [1.29, 1.82) is 0 Å². The topological polar surface area (TPSA) is 52.6 Å². The van der Waals surface area contributed by atoms with Crippen LogP contribution >= 0.6 is 0 Å². The van der Waals surface area contributed by atoms with E-state index in [9.17, 15) is 4.79 Å². The highest BCUT2D eigenvalue weighted by Gasteiger charge is 2.38. The molecule has 2 atom stereocenters. The van der Waals surface area contributed by atoms with E-state index in [0.29, 0.717) is 0 Å². The average molecular weight is 200 g/mol. The third kappa shape index (κ3) is 2.69. The van der Waals surface area contributed by atoms with Gasteiger partial charge in [0.1, 0.15) is 0 Å². The molecule has 1 aliphatic carbocycles. The lowest BCUT2D eigenvalue weighted by Gasteiger charge is -2.40. The molecule has 0 radical (unpaired) electrons. The summed E-state index contributed by atoms with van der Waals surface area (Å²) in [6.45, 7) is 1.98. The summed E-state index contributed by atoms with van der Waals surface area (Å²) in [5.41, 5.74) is 0. The minimum Gasteiger partial charge on any atom is -0.481 e. The molecule has 14 heavy (non-hydrogen) atoms. The maximum Gasteiger partial charge on any atom is 0.308 e. The minimum absolute atomic E-state index is 0.130. The van der Waals surface area contributed by atoms with Gasteiger partial charge >= 0.3 is 5.97 Å². The second-order valence-corrected chi connectivity index (χ2v) is 4.03. The average Bonchev–Trinajstić information content (AvgIpc) is 2.01. The standard InChI is InChI=1S/C10H20N2O2/c1-11-6-3-7-12(2)9-5-4-8(9)10(13)14/h8-9,11H,3-7H2,1-2H3,(H,13,14). The molecule has 0 aromatic heterocycles. The Morgan fingerprint density at radius 2 is 2.29 bits per heavy atom. The van der Waals surface area contributed by atoms with Crippen LogP contribution in [0.1, 0.15) is 19.3 Å². The predicted octanol–water partition coefficient (Wildman–Crippen LogP) is 0.391. The second kappa shape index (κ2) is 5.32. The zero-order valence-electron chi connectivity index (χ0n) is 8.99. The molecule has 0 saturated heterocycles. The Bertz CT molecular complexity index is 197. The van der Waals surface area contributed by atoms with Crippen molar-refractivity contribution in [1.82, 2.24) is 10.2 Å². The van der Waals surface area contributed by atoms with Crippen LogP contribution < -0.4 is 5.32 Å². The zero-order valence-corrected chi connectivity index (χ0v) is 8.99. The van der Waals surface area contributed by atoms with Crippen molar-refractivity contribution in [2.24, 2.45) is 5.92 Å². The number of nitrogens with one attached hydrogen (secondary N) is 1. The van der Waals surface area contributed by atoms with E-state index in [-0.39, 0.29) is 12.0 Å². The first kappa shape index (κ1) is 11.5. The quantitative estimate of drug-likeness (QED) is 0.609. The second-order valence-electron chi connectivity index (χ2n) is 4.03. The molecule has 1 rings (SSSR count). The first-order valence-electron chi connectivity index (χ1n) is 5.24. The minimum atomic E-state index is -0.637. The molecule has 1 aliphatic rings. The van der Waals surface area contributed by atoms with Gasteiger partial charge in [-0.05, 0) is 46.4 Å². The summed E-state index contributed by atoms with van der Waals surface area (Å²) in [6.07, 6.45) is 2.96. The molecule has 2 N–H and O–H groups in total. The van der Waals surface area contributed by atoms with Crippen molar-refractivity contribution in [3.8, 4) is 0 Å². The Morgan fingerprint density at radius 3 is 2.71 bits per heavy atom. The zero-order chi connectivity index (χ0) is 10.6. The smallest absolute Gasteiger partial charge is 0.308 e. The summed E-state index contributed by atoms with van der Waals surface area (Å²) >= 11 is 0. The van der Waals surface area contributed by atoms with Crippen molar-refractivity contribution in [3.63, 3.8) is 0 Å². The lowest BCUT2D eigenvalue weighted by Crippen LogP contribution is -2.49. The normalized spacial score (nSPS) is 26.2. The third-order valence-corrected chi connectivity index (χ3v) is 3.06. The van der Waals surface area contributed by atoms with Gasteiger partial charge in [0.05, 0.1) is 5.92 Å². The van der Waals surface area contributed by atoms with Gasteiger partial charge in [-0.25, -0.2) is 0 Å². The van der Waals surface area contributed by atoms with Crippen LogP contribution in [0.2, 0.25) is 0 Å². The number of aliphatic carboxylic acids is 1. The van der Waals surface area contributed by atoms with Gasteiger partial charge in [0.2, 0.25) is 0 Å². The Balaban J connectivity index is 2.23. The van der Waals surface area contributed by atoms with E-state index in [1.165, 1.54) is 0 Å². The largest absolute Gasteiger partial charge is 0.481 e. The van der Waals surface area contributed by atoms with Crippen molar-refractivity contribution in [2.45, 2.75) is 25.3 Å². The number of hydrogen-bond donors (Lipinski definition) is 2. The molecule has 0 amide bonds. The highest BCUT2D eigenvalue weighted by molar-refractivity contribution is 5.72. The van der Waals surface area contributed by atoms with Crippen LogP contribution in [0.25, 0.3) is 0 Å². The Labute approximate surface area is 85.3 Å². The van der Waals surface area contributed by atoms with Crippen LogP contribution in [-0.2, 0) is 4.79 Å². The summed E-state index contributed by atoms with van der Waals surface area (Å²) in [6, 6.07) is 0.268. The molecule has 2 unspecified atom stereocenters. The van der Waals surface area contributed by atoms with Crippen LogP contribution in [0.3, 0.4) is 0 Å². The molecule has 1 saturated carbocycles. The molecule has 0 aliphatic heterocycles. The van der Waals surface area contributed by atoms with Crippen LogP contribution in [0.4, 0.5) is 0 Å². The molecule has 0 aromatic rings. The first-order valence-corrected chi connectivity index (χ1v) is 5.24. The van der Waals surface area contributed by atoms with Gasteiger partial charge in [-0.1, -0.05) is 0 Å². The fourth-order valence-electron chi connectivity index (χ4n) is 1.97. The van der Waals surface area contributed by atoms with Gasteiger partial charge in [0.25, 0.3) is 0 Å². The van der Waals surface area contributed by atoms with E-state index in [1.807, 2.05) is 14.1 Å². The molecular weight excluding hydrogens is 180 g/mol. The molecule has 0 spiro atoms. The highest BCUT2D eigenvalue weighted by atomic mass is 16.4. The fraction of sp³-hybridized carbons (Fsp3) is 0.900. The summed E-state index contributed by atoms with van der Waals surface area (Å²) in [7, 11) is 3.96. The molecule has 4 heteroatoms. The van der Waals surface area contributed by atoms with Crippen LogP contribution in [0.15, 0.2) is 0 Å². The van der Waals surface area contributed by atoms with E-state index in [1.54, 1.807) is 0 Å². The van der Waals surface area contributed by atoms with Crippen molar-refractivity contribution >= 4 is 5.97 Å². The van der Waals surface area contributed by atoms with Gasteiger partial charge < -0.3 is 15.3 Å². The van der Waals surface area contributed by atoms with Crippen molar-refractivity contribution < 1.29 is 9.90 Å². The molecule has 0 bridgehead atoms. The van der Waals surface area contributed by atoms with Crippen LogP contribution in [0, 0.1) is 5.92 Å². The summed E-state index contributed by atoms with van der Waals surface area (Å²) < 4.78 is 0. The monoisotopic (exact) mass is 200 g/mol. The lowest BCUT2D eigenvalue weighted by atomic mass is 9.78. The van der Waals surface area contributed by atoms with Crippen molar-refractivity contribution in [2.75, 3.05) is 27.2 Å². The van der Waals surface area contributed by atoms with Gasteiger partial charge in [-0.2, -0.15) is 0 Å². The number of nitrogens with zero attached hydrogens (tertiary/aromatic N) is 1. The van der Waals surface area contributed by atoms with Gasteiger partial charge in [-0.15, -0.1) is 0 Å². The Hall–Kier alpha value is -0.610. The van der Waals surface area contributed by atoms with E-state index in [4.69, 9.17) is 5.11 Å². The Morgan fingerprint density at radius 1 is 1.57 bits per heavy atom. The molecule has 4 nitrogen and oxygen atoms in total. The van der Waals surface area contributed by atoms with Gasteiger partial charge in [-0.3, -0.25) is 4.79 Å². The Kier molecular flexibility index (Phi) is 4.35. The number of carbonyl (C=O) groups is 1. The van der Waals surface area contributed by atoms with E-state index in [0.717, 1.165) is 32.4 Å². The first-order chi connectivity index (χ1) is 6.66. The third-order valence-electron chi connectivity index (χ3n) is 3.06. The number of carboxylic acids is 1. The molecule has 0 aromatic carbocycles.